The summed E-state index contributed by atoms with van der Waals surface area (Å²) in [6.07, 6.45) is 4.64. The lowest BCUT2D eigenvalue weighted by molar-refractivity contribution is 0.203. The molecular formula is C21H36N4O. The van der Waals surface area contributed by atoms with Gasteiger partial charge in [-0.05, 0) is 51.3 Å². The highest BCUT2D eigenvalue weighted by Gasteiger charge is 2.19. The molecule has 1 fully saturated rings. The Hall–Kier alpha value is -1.75. The Labute approximate surface area is 159 Å². The van der Waals surface area contributed by atoms with Crippen molar-refractivity contribution in [3.63, 3.8) is 0 Å². The van der Waals surface area contributed by atoms with Gasteiger partial charge in [-0.15, -0.1) is 0 Å². The molecule has 1 aliphatic heterocycles. The molecule has 1 aromatic carbocycles. The highest BCUT2D eigenvalue weighted by atomic mass is 16.5. The minimum Gasteiger partial charge on any atom is -0.489 e. The largest absolute Gasteiger partial charge is 0.489 e. The van der Waals surface area contributed by atoms with Crippen molar-refractivity contribution in [3.8, 4) is 5.75 Å². The number of hydrogen-bond acceptors (Lipinski definition) is 3. The van der Waals surface area contributed by atoms with E-state index in [0.717, 1.165) is 24.7 Å². The molecule has 5 nitrogen and oxygen atoms in total. The van der Waals surface area contributed by atoms with Crippen LogP contribution in [0.5, 0.6) is 5.75 Å². The lowest BCUT2D eigenvalue weighted by Gasteiger charge is -2.32. The van der Waals surface area contributed by atoms with Crippen molar-refractivity contribution >= 4 is 5.96 Å². The molecule has 1 atom stereocenters. The first kappa shape index (κ1) is 20.6. The third-order valence-electron chi connectivity index (χ3n) is 4.77. The lowest BCUT2D eigenvalue weighted by atomic mass is 10.1. The first-order valence-electron chi connectivity index (χ1n) is 10.2. The normalized spacial score (nSPS) is 17.7. The molecule has 0 aromatic heterocycles. The van der Waals surface area contributed by atoms with Crippen molar-refractivity contribution in [1.29, 1.82) is 0 Å². The zero-order valence-corrected chi connectivity index (χ0v) is 16.7. The summed E-state index contributed by atoms with van der Waals surface area (Å²) < 4.78 is 6.05. The van der Waals surface area contributed by atoms with Gasteiger partial charge in [0.25, 0.3) is 0 Å². The van der Waals surface area contributed by atoms with Crippen LogP contribution in [0.2, 0.25) is 0 Å². The van der Waals surface area contributed by atoms with Crippen LogP contribution in [0.15, 0.2) is 35.3 Å². The quantitative estimate of drug-likeness (QED) is 0.524. The van der Waals surface area contributed by atoms with Crippen LogP contribution in [-0.4, -0.2) is 55.7 Å². The van der Waals surface area contributed by atoms with Crippen LogP contribution in [0.4, 0.5) is 0 Å². The highest BCUT2D eigenvalue weighted by molar-refractivity contribution is 5.80. The van der Waals surface area contributed by atoms with E-state index in [0.29, 0.717) is 12.6 Å². The molecule has 0 aliphatic carbocycles. The predicted octanol–water partition coefficient (Wildman–Crippen LogP) is 3.27. The maximum atomic E-state index is 6.05. The number of likely N-dealkylation sites (tertiary alicyclic amines) is 1. The Bertz CT molecular complexity index is 512. The number of hydrogen-bond donors (Lipinski definition) is 2. The molecule has 146 valence electrons. The number of para-hydroxylation sites is 1. The maximum Gasteiger partial charge on any atom is 0.191 e. The average Bonchev–Trinajstić information content (AvgIpc) is 2.67. The van der Waals surface area contributed by atoms with Crippen molar-refractivity contribution in [3.05, 3.63) is 30.3 Å². The summed E-state index contributed by atoms with van der Waals surface area (Å²) in [7, 11) is 0. The number of nitrogens with zero attached hydrogens (tertiary/aromatic N) is 2. The molecular weight excluding hydrogens is 324 g/mol. The number of nitrogens with one attached hydrogen (secondary N) is 2. The summed E-state index contributed by atoms with van der Waals surface area (Å²) in [4.78, 5) is 7.34. The predicted molar refractivity (Wildman–Crippen MR) is 110 cm³/mol. The molecule has 1 saturated heterocycles. The molecule has 0 bridgehead atoms. The second-order valence-electron chi connectivity index (χ2n) is 6.94. The third kappa shape index (κ3) is 7.24. The van der Waals surface area contributed by atoms with Crippen LogP contribution in [0.1, 0.15) is 46.5 Å². The average molecular weight is 361 g/mol. The number of benzene rings is 1. The summed E-state index contributed by atoms with van der Waals surface area (Å²) in [6, 6.07) is 10.5. The molecule has 2 rings (SSSR count). The van der Waals surface area contributed by atoms with E-state index >= 15 is 0 Å². The molecule has 0 saturated carbocycles. The molecule has 0 radical (unpaired) electrons. The van der Waals surface area contributed by atoms with Gasteiger partial charge in [0.15, 0.2) is 5.96 Å². The molecule has 1 aromatic rings. The van der Waals surface area contributed by atoms with Crippen LogP contribution in [0, 0.1) is 0 Å². The highest BCUT2D eigenvalue weighted by Crippen LogP contribution is 2.13. The van der Waals surface area contributed by atoms with Gasteiger partial charge in [-0.3, -0.25) is 0 Å². The van der Waals surface area contributed by atoms with Crippen molar-refractivity contribution in [2.45, 2.75) is 58.6 Å². The Morgan fingerprint density at radius 3 is 2.54 bits per heavy atom. The fourth-order valence-corrected chi connectivity index (χ4v) is 3.26. The number of rotatable bonds is 9. The number of piperidine rings is 1. The van der Waals surface area contributed by atoms with Gasteiger partial charge >= 0.3 is 0 Å². The van der Waals surface area contributed by atoms with E-state index in [4.69, 9.17) is 9.73 Å². The van der Waals surface area contributed by atoms with Gasteiger partial charge in [0, 0.05) is 25.7 Å². The zero-order chi connectivity index (χ0) is 18.6. The van der Waals surface area contributed by atoms with E-state index in [1.54, 1.807) is 0 Å². The standard InChI is InChI=1S/C21H36N4O/c1-4-14-25-15-12-18(13-16-25)24-21(22-6-3)23-17-19(5-2)26-20-10-8-7-9-11-20/h7-11,18-19H,4-6,12-17H2,1-3H3,(H2,22,23,24). The fourth-order valence-electron chi connectivity index (χ4n) is 3.26. The molecule has 0 amide bonds. The molecule has 0 spiro atoms. The van der Waals surface area contributed by atoms with Crippen LogP contribution >= 0.6 is 0 Å². The summed E-state index contributed by atoms with van der Waals surface area (Å²) in [5.41, 5.74) is 0. The van der Waals surface area contributed by atoms with Crippen LogP contribution in [-0.2, 0) is 0 Å². The number of ether oxygens (including phenoxy) is 1. The smallest absolute Gasteiger partial charge is 0.191 e. The Morgan fingerprint density at radius 2 is 1.92 bits per heavy atom. The zero-order valence-electron chi connectivity index (χ0n) is 16.7. The van der Waals surface area contributed by atoms with Gasteiger partial charge in [-0.25, -0.2) is 4.99 Å². The Balaban J connectivity index is 1.85. The van der Waals surface area contributed by atoms with Crippen LogP contribution < -0.4 is 15.4 Å². The molecule has 2 N–H and O–H groups in total. The second kappa shape index (κ2) is 11.8. The summed E-state index contributed by atoms with van der Waals surface area (Å²) in [5.74, 6) is 1.83. The van der Waals surface area contributed by atoms with E-state index in [-0.39, 0.29) is 6.10 Å². The van der Waals surface area contributed by atoms with Gasteiger partial charge < -0.3 is 20.3 Å². The van der Waals surface area contributed by atoms with Crippen molar-refractivity contribution < 1.29 is 4.74 Å². The Morgan fingerprint density at radius 1 is 1.19 bits per heavy atom. The van der Waals surface area contributed by atoms with Gasteiger partial charge in [0.05, 0.1) is 6.54 Å². The second-order valence-corrected chi connectivity index (χ2v) is 6.94. The van der Waals surface area contributed by atoms with E-state index in [2.05, 4.69) is 36.3 Å². The number of guanidine groups is 1. The van der Waals surface area contributed by atoms with E-state index in [9.17, 15) is 0 Å². The van der Waals surface area contributed by atoms with Crippen molar-refractivity contribution in [2.24, 2.45) is 4.99 Å². The topological polar surface area (TPSA) is 48.9 Å². The number of aliphatic imine (C=N–C) groups is 1. The van der Waals surface area contributed by atoms with E-state index < -0.39 is 0 Å². The third-order valence-corrected chi connectivity index (χ3v) is 4.77. The van der Waals surface area contributed by atoms with E-state index in [1.165, 1.54) is 38.9 Å². The van der Waals surface area contributed by atoms with Crippen LogP contribution in [0.3, 0.4) is 0 Å². The molecule has 26 heavy (non-hydrogen) atoms. The molecule has 1 unspecified atom stereocenters. The summed E-state index contributed by atoms with van der Waals surface area (Å²) >= 11 is 0. The van der Waals surface area contributed by atoms with E-state index in [1.807, 2.05) is 30.3 Å². The first-order chi connectivity index (χ1) is 12.7. The molecule has 1 heterocycles. The first-order valence-corrected chi connectivity index (χ1v) is 10.2. The van der Waals surface area contributed by atoms with Gasteiger partial charge in [-0.2, -0.15) is 0 Å². The van der Waals surface area contributed by atoms with Crippen molar-refractivity contribution in [2.75, 3.05) is 32.7 Å². The fraction of sp³-hybridized carbons (Fsp3) is 0.667. The maximum absolute atomic E-state index is 6.05. The minimum absolute atomic E-state index is 0.0965. The monoisotopic (exact) mass is 360 g/mol. The summed E-state index contributed by atoms with van der Waals surface area (Å²) in [6.45, 7) is 11.6. The van der Waals surface area contributed by atoms with Crippen LogP contribution in [0.25, 0.3) is 0 Å². The lowest BCUT2D eigenvalue weighted by Crippen LogP contribution is -2.49. The van der Waals surface area contributed by atoms with Gasteiger partial charge in [0.2, 0.25) is 0 Å². The minimum atomic E-state index is 0.0965. The Kier molecular flexibility index (Phi) is 9.32. The SMILES string of the molecule is CCCN1CCC(NC(=NCC(CC)Oc2ccccc2)NCC)CC1. The summed E-state index contributed by atoms with van der Waals surface area (Å²) in [5, 5.41) is 7.00. The van der Waals surface area contributed by atoms with Gasteiger partial charge in [0.1, 0.15) is 11.9 Å². The van der Waals surface area contributed by atoms with Crippen molar-refractivity contribution in [1.82, 2.24) is 15.5 Å². The van der Waals surface area contributed by atoms with Gasteiger partial charge in [-0.1, -0.05) is 32.0 Å². The molecule has 5 heteroatoms. The molecule has 1 aliphatic rings.